The molecule has 1 atom stereocenters. The number of sulfonamides is 1. The van der Waals surface area contributed by atoms with E-state index >= 15 is 0 Å². The lowest BCUT2D eigenvalue weighted by molar-refractivity contribution is -0.138. The Kier molecular flexibility index (Phi) is 6.36. The molecule has 2 aromatic rings. The lowest BCUT2D eigenvalue weighted by Crippen LogP contribution is -2.43. The summed E-state index contributed by atoms with van der Waals surface area (Å²) in [5.74, 6) is -0.565. The third-order valence-corrected chi connectivity index (χ3v) is 7.77. The van der Waals surface area contributed by atoms with Crippen molar-refractivity contribution >= 4 is 16.0 Å². The fourth-order valence-corrected chi connectivity index (χ4v) is 5.94. The Balaban J connectivity index is 2.00. The summed E-state index contributed by atoms with van der Waals surface area (Å²) in [7, 11) is -4.14. The van der Waals surface area contributed by atoms with Crippen LogP contribution in [0.1, 0.15) is 53.6 Å². The highest BCUT2D eigenvalue weighted by atomic mass is 32.2. The van der Waals surface area contributed by atoms with Gasteiger partial charge in [0.25, 0.3) is 0 Å². The fraction of sp³-hybridized carbons (Fsp3) is 0.417. The van der Waals surface area contributed by atoms with Gasteiger partial charge in [0.05, 0.1) is 16.5 Å². The van der Waals surface area contributed by atoms with Crippen molar-refractivity contribution in [1.29, 1.82) is 5.26 Å². The van der Waals surface area contributed by atoms with Gasteiger partial charge in [0.15, 0.2) is 0 Å². The van der Waals surface area contributed by atoms with E-state index in [4.69, 9.17) is 10.00 Å². The van der Waals surface area contributed by atoms with Crippen LogP contribution in [0.25, 0.3) is 0 Å². The summed E-state index contributed by atoms with van der Waals surface area (Å²) in [5, 5.41) is 18.8. The molecule has 2 N–H and O–H groups in total. The molecule has 0 aliphatic carbocycles. The molecule has 7 nitrogen and oxygen atoms in total. The van der Waals surface area contributed by atoms with Crippen molar-refractivity contribution in [2.75, 3.05) is 0 Å². The number of hydrogen-bond acceptors (Lipinski definition) is 5. The molecular weight excluding hydrogens is 428 g/mol. The zero-order valence-electron chi connectivity index (χ0n) is 18.9. The average Bonchev–Trinajstić information content (AvgIpc) is 2.70. The minimum absolute atomic E-state index is 0.0800. The number of hydrogen-bond donors (Lipinski definition) is 2. The second kappa shape index (κ2) is 8.57. The number of fused-ring (bicyclic) bond motifs is 1. The predicted molar refractivity (Wildman–Crippen MR) is 120 cm³/mol. The molecule has 8 heteroatoms. The van der Waals surface area contributed by atoms with E-state index in [1.807, 2.05) is 26.8 Å². The predicted octanol–water partition coefficient (Wildman–Crippen LogP) is 3.56. The smallest absolute Gasteiger partial charge is 0.322 e. The molecule has 1 aliphatic heterocycles. The first-order valence-corrected chi connectivity index (χ1v) is 11.9. The molecule has 0 bridgehead atoms. The highest BCUT2D eigenvalue weighted by Gasteiger charge is 2.35. The van der Waals surface area contributed by atoms with Gasteiger partial charge in [0, 0.05) is 0 Å². The molecule has 170 valence electrons. The number of rotatable bonds is 6. The summed E-state index contributed by atoms with van der Waals surface area (Å²) in [6.07, 6.45) is 1.35. The molecule has 2 aromatic carbocycles. The van der Waals surface area contributed by atoms with Crippen LogP contribution in [-0.2, 0) is 27.7 Å². The van der Waals surface area contributed by atoms with Gasteiger partial charge in [-0.1, -0.05) is 12.1 Å². The van der Waals surface area contributed by atoms with Gasteiger partial charge in [0.1, 0.15) is 17.4 Å². The summed E-state index contributed by atoms with van der Waals surface area (Å²) in [6, 6.07) is 7.10. The maximum Gasteiger partial charge on any atom is 0.322 e. The molecule has 0 amide bonds. The first-order valence-electron chi connectivity index (χ1n) is 10.4. The topological polar surface area (TPSA) is 116 Å². The summed E-state index contributed by atoms with van der Waals surface area (Å²) >= 11 is 0. The monoisotopic (exact) mass is 456 g/mol. The lowest BCUT2D eigenvalue weighted by Gasteiger charge is -2.35. The second-order valence-corrected chi connectivity index (χ2v) is 10.6. The normalized spacial score (nSPS) is 15.9. The Morgan fingerprint density at radius 1 is 1.25 bits per heavy atom. The summed E-state index contributed by atoms with van der Waals surface area (Å²) in [6.45, 7) is 9.30. The van der Waals surface area contributed by atoms with E-state index < -0.39 is 22.0 Å². The number of carboxylic acid groups (broad SMARTS) is 1. The van der Waals surface area contributed by atoms with Crippen molar-refractivity contribution in [3.8, 4) is 11.8 Å². The first-order chi connectivity index (χ1) is 14.9. The van der Waals surface area contributed by atoms with Crippen molar-refractivity contribution in [3.63, 3.8) is 0 Å². The minimum Gasteiger partial charge on any atom is -0.487 e. The van der Waals surface area contributed by atoms with E-state index in [-0.39, 0.29) is 16.9 Å². The zero-order valence-corrected chi connectivity index (χ0v) is 19.8. The Bertz CT molecular complexity index is 1230. The number of nitriles is 1. The van der Waals surface area contributed by atoms with Crippen molar-refractivity contribution in [1.82, 2.24) is 4.72 Å². The van der Waals surface area contributed by atoms with Crippen LogP contribution in [-0.4, -0.2) is 31.1 Å². The van der Waals surface area contributed by atoms with Gasteiger partial charge in [-0.15, -0.1) is 0 Å². The largest absolute Gasteiger partial charge is 0.487 e. The van der Waals surface area contributed by atoms with Crippen molar-refractivity contribution in [2.24, 2.45) is 0 Å². The van der Waals surface area contributed by atoms with Crippen LogP contribution in [0, 0.1) is 32.1 Å². The maximum atomic E-state index is 13.4. The zero-order chi connectivity index (χ0) is 23.8. The molecule has 1 unspecified atom stereocenters. The summed E-state index contributed by atoms with van der Waals surface area (Å²) in [5.41, 5.74) is 3.33. The van der Waals surface area contributed by atoms with Crippen LogP contribution in [0.15, 0.2) is 29.2 Å². The standard InChI is InChI=1S/C24H28N2O5S/c1-14-15(2)22(16(3)19-9-10-24(4,5)31-21(14)19)32(29,30)26-20(23(27)28)12-17-7-6-8-18(11-17)13-25/h6-8,11,20,26H,9-10,12H2,1-5H3,(H,27,28). The van der Waals surface area contributed by atoms with E-state index in [1.165, 1.54) is 0 Å². The number of nitrogens with zero attached hydrogens (tertiary/aromatic N) is 1. The first kappa shape index (κ1) is 23.8. The second-order valence-electron chi connectivity index (χ2n) is 8.90. The molecular formula is C24H28N2O5S. The molecule has 0 radical (unpaired) electrons. The van der Waals surface area contributed by atoms with Crippen LogP contribution in [0.3, 0.4) is 0 Å². The van der Waals surface area contributed by atoms with E-state index in [2.05, 4.69) is 4.72 Å². The van der Waals surface area contributed by atoms with Gasteiger partial charge in [-0.05, 0) is 93.8 Å². The highest BCUT2D eigenvalue weighted by Crippen LogP contribution is 2.42. The van der Waals surface area contributed by atoms with Gasteiger partial charge in [-0.3, -0.25) is 4.79 Å². The molecule has 3 rings (SSSR count). The minimum atomic E-state index is -4.14. The van der Waals surface area contributed by atoms with E-state index in [0.29, 0.717) is 28.7 Å². The number of carbonyl (C=O) groups is 1. The average molecular weight is 457 g/mol. The third-order valence-electron chi connectivity index (χ3n) is 6.03. The van der Waals surface area contributed by atoms with E-state index in [1.54, 1.807) is 38.1 Å². The Labute approximate surface area is 189 Å². The molecule has 0 fully saturated rings. The molecule has 1 heterocycles. The third kappa shape index (κ3) is 4.64. The van der Waals surface area contributed by atoms with Crippen molar-refractivity contribution < 1.29 is 23.1 Å². The molecule has 0 saturated heterocycles. The van der Waals surface area contributed by atoms with Gasteiger partial charge in [0.2, 0.25) is 10.0 Å². The number of carboxylic acids is 1. The number of aliphatic carboxylic acids is 1. The Morgan fingerprint density at radius 2 is 1.94 bits per heavy atom. The number of ether oxygens (including phenoxy) is 1. The van der Waals surface area contributed by atoms with Gasteiger partial charge in [-0.2, -0.15) is 9.98 Å². The maximum absolute atomic E-state index is 13.4. The van der Waals surface area contributed by atoms with Crippen molar-refractivity contribution in [3.05, 3.63) is 57.6 Å². The number of nitrogens with one attached hydrogen (secondary N) is 1. The van der Waals surface area contributed by atoms with Gasteiger partial charge < -0.3 is 9.84 Å². The SMILES string of the molecule is Cc1c(C)c(S(=O)(=O)NC(Cc2cccc(C#N)c2)C(=O)O)c(C)c2c1OC(C)(C)CC2. The fourth-order valence-electron chi connectivity index (χ4n) is 4.18. The van der Waals surface area contributed by atoms with E-state index in [0.717, 1.165) is 23.3 Å². The lowest BCUT2D eigenvalue weighted by atomic mass is 9.88. The van der Waals surface area contributed by atoms with Crippen LogP contribution >= 0.6 is 0 Å². The summed E-state index contributed by atoms with van der Waals surface area (Å²) < 4.78 is 35.3. The highest BCUT2D eigenvalue weighted by molar-refractivity contribution is 7.89. The van der Waals surface area contributed by atoms with Crippen LogP contribution in [0.2, 0.25) is 0 Å². The van der Waals surface area contributed by atoms with Gasteiger partial charge in [-0.25, -0.2) is 8.42 Å². The van der Waals surface area contributed by atoms with E-state index in [9.17, 15) is 18.3 Å². The molecule has 0 saturated carbocycles. The quantitative estimate of drug-likeness (QED) is 0.686. The van der Waals surface area contributed by atoms with Crippen molar-refractivity contribution in [2.45, 2.75) is 70.4 Å². The molecule has 0 spiro atoms. The Morgan fingerprint density at radius 3 is 2.56 bits per heavy atom. The van der Waals surface area contributed by atoms with Crippen LogP contribution < -0.4 is 9.46 Å². The molecule has 32 heavy (non-hydrogen) atoms. The van der Waals surface area contributed by atoms with Gasteiger partial charge >= 0.3 is 5.97 Å². The molecule has 1 aliphatic rings. The number of benzene rings is 2. The summed E-state index contributed by atoms with van der Waals surface area (Å²) in [4.78, 5) is 12.0. The van der Waals surface area contributed by atoms with Crippen LogP contribution in [0.4, 0.5) is 0 Å². The Hall–Kier alpha value is -2.89. The molecule has 0 aromatic heterocycles. The van der Waals surface area contributed by atoms with Crippen LogP contribution in [0.5, 0.6) is 5.75 Å².